The Morgan fingerprint density at radius 1 is 0.467 bits per heavy atom. The first-order chi connectivity index (χ1) is 22.1. The average molecular weight is 579 g/mol. The molecule has 7 aromatic rings. The first-order valence-corrected chi connectivity index (χ1v) is 15.5. The summed E-state index contributed by atoms with van der Waals surface area (Å²) in [5.41, 5.74) is 10.6. The molecule has 1 spiro atoms. The maximum atomic E-state index is 6.60. The lowest BCUT2D eigenvalue weighted by molar-refractivity contribution is 0.425. The predicted octanol–water partition coefficient (Wildman–Crippen LogP) is 10.1. The fourth-order valence-electron chi connectivity index (χ4n) is 7.78. The molecule has 0 unspecified atom stereocenters. The number of benzene rings is 6. The highest BCUT2D eigenvalue weighted by molar-refractivity contribution is 5.94. The lowest BCUT2D eigenvalue weighted by Gasteiger charge is -2.50. The molecule has 3 heteroatoms. The lowest BCUT2D eigenvalue weighted by atomic mass is 9.53. The smallest absolute Gasteiger partial charge is 0.160 e. The summed E-state index contributed by atoms with van der Waals surface area (Å²) in [4.78, 5) is 10.2. The van der Waals surface area contributed by atoms with Crippen LogP contribution >= 0.6 is 0 Å². The molecule has 0 N–H and O–H groups in total. The third-order valence-corrected chi connectivity index (χ3v) is 9.81. The van der Waals surface area contributed by atoms with Crippen LogP contribution in [0.5, 0.6) is 11.5 Å². The molecule has 0 bridgehead atoms. The zero-order valence-electron chi connectivity index (χ0n) is 25.2. The van der Waals surface area contributed by atoms with E-state index in [-0.39, 0.29) is 5.41 Å². The highest BCUT2D eigenvalue weighted by Crippen LogP contribution is 2.61. The van der Waals surface area contributed by atoms with Crippen molar-refractivity contribution in [3.63, 3.8) is 0 Å². The van der Waals surface area contributed by atoms with E-state index in [1.807, 2.05) is 24.3 Å². The number of nitrogens with zero attached hydrogens (tertiary/aromatic N) is 2. The summed E-state index contributed by atoms with van der Waals surface area (Å²) < 4.78 is 6.60. The standard InChI is InChI=1S/C42H30N2O/c1-41(2)30-17-7-8-18-32(30)42(33-19-9-12-22-37(33)45-38-23-13-10-20-34(38)42)35-26-28(24-25-31(35)41)39-29-16-6-11-21-36(29)43-40(44-39)27-14-4-3-5-15-27/h3-26H,1-2H3. The summed E-state index contributed by atoms with van der Waals surface area (Å²) in [5.74, 6) is 2.51. The van der Waals surface area contributed by atoms with Crippen molar-refractivity contribution in [2.75, 3.05) is 0 Å². The van der Waals surface area contributed by atoms with E-state index in [4.69, 9.17) is 14.7 Å². The number of aromatic nitrogens is 2. The molecule has 2 aliphatic rings. The maximum Gasteiger partial charge on any atom is 0.160 e. The fourth-order valence-corrected chi connectivity index (χ4v) is 7.78. The second kappa shape index (κ2) is 9.48. The molecule has 1 aliphatic carbocycles. The van der Waals surface area contributed by atoms with Crippen LogP contribution in [0.4, 0.5) is 0 Å². The predicted molar refractivity (Wildman–Crippen MR) is 181 cm³/mol. The van der Waals surface area contributed by atoms with Crippen molar-refractivity contribution in [2.24, 2.45) is 0 Å². The van der Waals surface area contributed by atoms with Gasteiger partial charge in [0.25, 0.3) is 0 Å². The topological polar surface area (TPSA) is 35.0 Å². The molecule has 0 fully saturated rings. The lowest BCUT2D eigenvalue weighted by Crippen LogP contribution is -2.43. The molecule has 0 amide bonds. The molecule has 2 heterocycles. The van der Waals surface area contributed by atoms with Crippen LogP contribution in [-0.2, 0) is 10.8 Å². The van der Waals surface area contributed by atoms with E-state index in [9.17, 15) is 0 Å². The molecule has 1 aromatic heterocycles. The summed E-state index contributed by atoms with van der Waals surface area (Å²) in [6.45, 7) is 4.70. The number of rotatable bonds is 2. The average Bonchev–Trinajstić information content (AvgIpc) is 3.10. The van der Waals surface area contributed by atoms with Crippen molar-refractivity contribution in [1.29, 1.82) is 0 Å². The molecular weight excluding hydrogens is 548 g/mol. The summed E-state index contributed by atoms with van der Waals surface area (Å²) in [7, 11) is 0. The van der Waals surface area contributed by atoms with Gasteiger partial charge in [0, 0.05) is 33.1 Å². The van der Waals surface area contributed by atoms with Gasteiger partial charge in [-0.15, -0.1) is 0 Å². The van der Waals surface area contributed by atoms with Crippen LogP contribution in [0, 0.1) is 0 Å². The third-order valence-electron chi connectivity index (χ3n) is 9.81. The molecule has 0 radical (unpaired) electrons. The first kappa shape index (κ1) is 25.9. The minimum atomic E-state index is -0.575. The van der Waals surface area contributed by atoms with Crippen LogP contribution < -0.4 is 4.74 Å². The number of ether oxygens (including phenoxy) is 1. The van der Waals surface area contributed by atoms with Crippen molar-refractivity contribution >= 4 is 10.9 Å². The quantitative estimate of drug-likeness (QED) is 0.205. The van der Waals surface area contributed by atoms with Crippen molar-refractivity contribution in [3.8, 4) is 34.1 Å². The van der Waals surface area contributed by atoms with Gasteiger partial charge in [-0.05, 0) is 46.5 Å². The van der Waals surface area contributed by atoms with Crippen molar-refractivity contribution in [2.45, 2.75) is 24.7 Å². The number of para-hydroxylation sites is 3. The van der Waals surface area contributed by atoms with Crippen molar-refractivity contribution in [1.82, 2.24) is 9.97 Å². The van der Waals surface area contributed by atoms with E-state index in [1.165, 1.54) is 22.3 Å². The van der Waals surface area contributed by atoms with Crippen LogP contribution in [-0.4, -0.2) is 9.97 Å². The monoisotopic (exact) mass is 578 g/mol. The van der Waals surface area contributed by atoms with E-state index in [2.05, 4.69) is 135 Å². The van der Waals surface area contributed by atoms with Crippen molar-refractivity contribution < 1.29 is 4.74 Å². The SMILES string of the molecule is CC1(C)c2ccccc2C2(c3ccccc3Oc3ccccc32)c2cc(-c3nc(-c4ccccc4)nc4ccccc34)ccc21. The van der Waals surface area contributed by atoms with E-state index >= 15 is 0 Å². The van der Waals surface area contributed by atoms with E-state index in [0.29, 0.717) is 0 Å². The maximum absolute atomic E-state index is 6.60. The molecule has 0 saturated carbocycles. The second-order valence-electron chi connectivity index (χ2n) is 12.6. The van der Waals surface area contributed by atoms with Crippen LogP contribution in [0.3, 0.4) is 0 Å². The van der Waals surface area contributed by atoms with Crippen LogP contribution in [0.1, 0.15) is 47.2 Å². The number of hydrogen-bond acceptors (Lipinski definition) is 3. The van der Waals surface area contributed by atoms with Gasteiger partial charge in [-0.2, -0.15) is 0 Å². The zero-order chi connectivity index (χ0) is 30.2. The molecule has 3 nitrogen and oxygen atoms in total. The van der Waals surface area contributed by atoms with Gasteiger partial charge in [0.05, 0.1) is 16.6 Å². The molecule has 9 rings (SSSR count). The minimum Gasteiger partial charge on any atom is -0.457 e. The highest BCUT2D eigenvalue weighted by atomic mass is 16.5. The van der Waals surface area contributed by atoms with Gasteiger partial charge in [0.1, 0.15) is 11.5 Å². The van der Waals surface area contributed by atoms with E-state index in [0.717, 1.165) is 56.2 Å². The Labute approximate surface area is 262 Å². The molecule has 6 aromatic carbocycles. The number of fused-ring (bicyclic) bond motifs is 9. The van der Waals surface area contributed by atoms with Gasteiger partial charge < -0.3 is 4.74 Å². The van der Waals surface area contributed by atoms with Crippen LogP contribution in [0.2, 0.25) is 0 Å². The van der Waals surface area contributed by atoms with E-state index in [1.54, 1.807) is 0 Å². The Morgan fingerprint density at radius 2 is 1.04 bits per heavy atom. The summed E-state index contributed by atoms with van der Waals surface area (Å²) in [6.07, 6.45) is 0. The molecule has 214 valence electrons. The Balaban J connectivity index is 1.41. The fraction of sp³-hybridized carbons (Fsp3) is 0.0952. The zero-order valence-corrected chi connectivity index (χ0v) is 25.2. The van der Waals surface area contributed by atoms with Crippen LogP contribution in [0.15, 0.2) is 146 Å². The Morgan fingerprint density at radius 3 is 1.78 bits per heavy atom. The summed E-state index contributed by atoms with van der Waals surface area (Å²) in [6, 6.07) is 51.6. The first-order valence-electron chi connectivity index (χ1n) is 15.5. The summed E-state index contributed by atoms with van der Waals surface area (Å²) >= 11 is 0. The van der Waals surface area contributed by atoms with Gasteiger partial charge in [-0.25, -0.2) is 9.97 Å². The van der Waals surface area contributed by atoms with Crippen molar-refractivity contribution in [3.05, 3.63) is 179 Å². The highest BCUT2D eigenvalue weighted by Gasteiger charge is 2.52. The normalized spacial score (nSPS) is 15.0. The minimum absolute atomic E-state index is 0.221. The summed E-state index contributed by atoms with van der Waals surface area (Å²) in [5, 5.41) is 1.04. The molecule has 0 atom stereocenters. The third kappa shape index (κ3) is 3.58. The Kier molecular flexibility index (Phi) is 5.46. The van der Waals surface area contributed by atoms with Gasteiger partial charge in [0.15, 0.2) is 5.82 Å². The largest absolute Gasteiger partial charge is 0.457 e. The van der Waals surface area contributed by atoms with Gasteiger partial charge >= 0.3 is 0 Å². The molecule has 45 heavy (non-hydrogen) atoms. The van der Waals surface area contributed by atoms with Gasteiger partial charge in [0.2, 0.25) is 0 Å². The Bertz CT molecular complexity index is 2240. The second-order valence-corrected chi connectivity index (χ2v) is 12.6. The Hall–Kier alpha value is -5.54. The van der Waals surface area contributed by atoms with Gasteiger partial charge in [-0.1, -0.05) is 135 Å². The number of hydrogen-bond donors (Lipinski definition) is 0. The van der Waals surface area contributed by atoms with Gasteiger partial charge in [-0.3, -0.25) is 0 Å². The molecular formula is C42H30N2O. The molecule has 0 saturated heterocycles. The van der Waals surface area contributed by atoms with E-state index < -0.39 is 5.41 Å². The molecule has 1 aliphatic heterocycles. The van der Waals surface area contributed by atoms with Crippen LogP contribution in [0.25, 0.3) is 33.5 Å².